The van der Waals surface area contributed by atoms with E-state index in [0.29, 0.717) is 6.61 Å². The van der Waals surface area contributed by atoms with E-state index in [-0.39, 0.29) is 5.41 Å². The van der Waals surface area contributed by atoms with Crippen LogP contribution in [-0.4, -0.2) is 21.6 Å². The number of hydrogen-bond donors (Lipinski definition) is 1. The van der Waals surface area contributed by atoms with Crippen LogP contribution in [0, 0.1) is 0 Å². The summed E-state index contributed by atoms with van der Waals surface area (Å²) in [6.45, 7) is 0.564. The molecule has 0 aromatic carbocycles. The number of nitrogens with two attached hydrogens (primary N) is 1. The Morgan fingerprint density at radius 2 is 2.50 bits per heavy atom. The minimum atomic E-state index is 0.104. The van der Waals surface area contributed by atoms with Gasteiger partial charge >= 0.3 is 0 Å². The van der Waals surface area contributed by atoms with E-state index < -0.39 is 0 Å². The van der Waals surface area contributed by atoms with Gasteiger partial charge in [-0.15, -0.1) is 5.10 Å². The largest absolute Gasteiger partial charge is 0.304 e. The first-order valence-corrected chi connectivity index (χ1v) is 3.95. The van der Waals surface area contributed by atoms with E-state index in [1.807, 2.05) is 7.05 Å². The third kappa shape index (κ3) is 1.02. The highest BCUT2D eigenvalue weighted by Crippen LogP contribution is 2.47. The molecule has 2 rings (SSSR count). The van der Waals surface area contributed by atoms with Gasteiger partial charge in [-0.3, -0.25) is 4.68 Å². The highest BCUT2D eigenvalue weighted by molar-refractivity contribution is 5.22. The van der Waals surface area contributed by atoms with Crippen molar-refractivity contribution in [1.29, 1.82) is 0 Å². The van der Waals surface area contributed by atoms with E-state index in [1.54, 1.807) is 10.9 Å². The van der Waals surface area contributed by atoms with Gasteiger partial charge in [0.2, 0.25) is 0 Å². The molecule has 1 aliphatic rings. The third-order valence-corrected chi connectivity index (χ3v) is 2.47. The van der Waals surface area contributed by atoms with Gasteiger partial charge in [-0.25, -0.2) is 5.90 Å². The van der Waals surface area contributed by atoms with Crippen molar-refractivity contribution in [2.24, 2.45) is 12.9 Å². The molecule has 0 aliphatic heterocycles. The standard InChI is InChI=1S/C7H12N4O/c1-11-6(4-9-10-11)7(2-3-7)5-12-8/h4H,2-3,5,8H2,1H3. The minimum absolute atomic E-state index is 0.104. The summed E-state index contributed by atoms with van der Waals surface area (Å²) < 4.78 is 1.78. The van der Waals surface area contributed by atoms with Crippen molar-refractivity contribution in [1.82, 2.24) is 15.0 Å². The van der Waals surface area contributed by atoms with Gasteiger partial charge in [0.05, 0.1) is 18.5 Å². The van der Waals surface area contributed by atoms with Gasteiger partial charge < -0.3 is 4.84 Å². The Morgan fingerprint density at radius 1 is 1.75 bits per heavy atom. The van der Waals surface area contributed by atoms with Gasteiger partial charge in [-0.05, 0) is 12.8 Å². The summed E-state index contributed by atoms with van der Waals surface area (Å²) in [6.07, 6.45) is 4.02. The smallest absolute Gasteiger partial charge is 0.0791 e. The molecule has 0 unspecified atom stereocenters. The second-order valence-electron chi connectivity index (χ2n) is 3.33. The summed E-state index contributed by atoms with van der Waals surface area (Å²) in [7, 11) is 1.89. The Labute approximate surface area is 70.5 Å². The molecule has 5 heteroatoms. The van der Waals surface area contributed by atoms with Gasteiger partial charge in [0.25, 0.3) is 0 Å². The Morgan fingerprint density at radius 3 is 2.92 bits per heavy atom. The molecule has 1 aromatic rings. The lowest BCUT2D eigenvalue weighted by atomic mass is 10.1. The summed E-state index contributed by atoms with van der Waals surface area (Å²) in [5.74, 6) is 5.06. The maximum absolute atomic E-state index is 5.06. The average molecular weight is 168 g/mol. The first-order valence-electron chi connectivity index (χ1n) is 3.95. The molecule has 0 saturated heterocycles. The predicted molar refractivity (Wildman–Crippen MR) is 42.1 cm³/mol. The van der Waals surface area contributed by atoms with Crippen LogP contribution >= 0.6 is 0 Å². The molecular weight excluding hydrogens is 156 g/mol. The fourth-order valence-electron chi connectivity index (χ4n) is 1.55. The lowest BCUT2D eigenvalue weighted by Crippen LogP contribution is -2.21. The minimum Gasteiger partial charge on any atom is -0.304 e. The molecule has 12 heavy (non-hydrogen) atoms. The summed E-state index contributed by atoms with van der Waals surface area (Å²) in [6, 6.07) is 0. The van der Waals surface area contributed by atoms with E-state index in [9.17, 15) is 0 Å². The first kappa shape index (κ1) is 7.70. The van der Waals surface area contributed by atoms with Gasteiger partial charge in [-0.1, -0.05) is 5.21 Å². The maximum Gasteiger partial charge on any atom is 0.0791 e. The monoisotopic (exact) mass is 168 g/mol. The third-order valence-electron chi connectivity index (χ3n) is 2.47. The molecule has 5 nitrogen and oxygen atoms in total. The van der Waals surface area contributed by atoms with Crippen LogP contribution in [0.4, 0.5) is 0 Å². The molecular formula is C7H12N4O. The van der Waals surface area contributed by atoms with Crippen molar-refractivity contribution in [3.8, 4) is 0 Å². The predicted octanol–water partition coefficient (Wildman–Crippen LogP) is -0.263. The lowest BCUT2D eigenvalue weighted by molar-refractivity contribution is 0.114. The quantitative estimate of drug-likeness (QED) is 0.631. The van der Waals surface area contributed by atoms with Crippen LogP contribution in [0.5, 0.6) is 0 Å². The Hall–Kier alpha value is -0.940. The Bertz CT molecular complexity index is 279. The summed E-state index contributed by atoms with van der Waals surface area (Å²) in [4.78, 5) is 4.68. The molecule has 1 saturated carbocycles. The first-order chi connectivity index (χ1) is 5.78. The van der Waals surface area contributed by atoms with Crippen molar-refractivity contribution >= 4 is 0 Å². The molecule has 66 valence electrons. The highest BCUT2D eigenvalue weighted by Gasteiger charge is 2.47. The molecule has 1 aliphatic carbocycles. The van der Waals surface area contributed by atoms with Crippen LogP contribution < -0.4 is 5.90 Å². The molecule has 1 aromatic heterocycles. The molecule has 1 fully saturated rings. The van der Waals surface area contributed by atoms with Crippen LogP contribution in [0.15, 0.2) is 6.20 Å². The Balaban J connectivity index is 2.24. The maximum atomic E-state index is 5.06. The van der Waals surface area contributed by atoms with Crippen molar-refractivity contribution < 1.29 is 4.84 Å². The summed E-state index contributed by atoms with van der Waals surface area (Å²) in [5.41, 5.74) is 1.22. The normalized spacial score (nSPS) is 19.5. The molecule has 0 amide bonds. The molecule has 0 bridgehead atoms. The van der Waals surface area contributed by atoms with Crippen LogP contribution in [0.2, 0.25) is 0 Å². The zero-order valence-electron chi connectivity index (χ0n) is 7.03. The summed E-state index contributed by atoms with van der Waals surface area (Å²) in [5, 5.41) is 7.70. The van der Waals surface area contributed by atoms with Crippen LogP contribution in [0.1, 0.15) is 18.5 Å². The van der Waals surface area contributed by atoms with Crippen LogP contribution in [-0.2, 0) is 17.3 Å². The molecule has 0 spiro atoms. The topological polar surface area (TPSA) is 66.0 Å². The van der Waals surface area contributed by atoms with E-state index in [4.69, 9.17) is 5.90 Å². The van der Waals surface area contributed by atoms with Crippen molar-refractivity contribution in [2.75, 3.05) is 6.61 Å². The van der Waals surface area contributed by atoms with Crippen LogP contribution in [0.3, 0.4) is 0 Å². The van der Waals surface area contributed by atoms with Gasteiger partial charge in [0, 0.05) is 12.5 Å². The van der Waals surface area contributed by atoms with Gasteiger partial charge in [0.1, 0.15) is 0 Å². The van der Waals surface area contributed by atoms with Crippen molar-refractivity contribution in [2.45, 2.75) is 18.3 Å². The van der Waals surface area contributed by atoms with E-state index in [2.05, 4.69) is 15.1 Å². The van der Waals surface area contributed by atoms with Gasteiger partial charge in [0.15, 0.2) is 0 Å². The molecule has 0 radical (unpaired) electrons. The molecule has 0 atom stereocenters. The Kier molecular flexibility index (Phi) is 1.62. The number of nitrogens with zero attached hydrogens (tertiary/aromatic N) is 3. The highest BCUT2D eigenvalue weighted by atomic mass is 16.6. The number of hydrogen-bond acceptors (Lipinski definition) is 4. The number of aromatic nitrogens is 3. The summed E-state index contributed by atoms with van der Waals surface area (Å²) >= 11 is 0. The second-order valence-corrected chi connectivity index (χ2v) is 3.33. The average Bonchev–Trinajstić information content (AvgIpc) is 2.68. The zero-order valence-corrected chi connectivity index (χ0v) is 7.03. The zero-order chi connectivity index (χ0) is 8.60. The number of aryl methyl sites for hydroxylation is 1. The molecule has 2 N–H and O–H groups in total. The van der Waals surface area contributed by atoms with Crippen LogP contribution in [0.25, 0.3) is 0 Å². The van der Waals surface area contributed by atoms with Crippen molar-refractivity contribution in [3.05, 3.63) is 11.9 Å². The fraction of sp³-hybridized carbons (Fsp3) is 0.714. The fourth-order valence-corrected chi connectivity index (χ4v) is 1.55. The number of rotatable bonds is 3. The van der Waals surface area contributed by atoms with Gasteiger partial charge in [-0.2, -0.15) is 0 Å². The van der Waals surface area contributed by atoms with E-state index in [1.165, 1.54) is 0 Å². The molecule has 1 heterocycles. The van der Waals surface area contributed by atoms with E-state index >= 15 is 0 Å². The second kappa shape index (κ2) is 2.53. The SMILES string of the molecule is Cn1nncc1C1(CON)CC1. The van der Waals surface area contributed by atoms with E-state index in [0.717, 1.165) is 18.5 Å². The van der Waals surface area contributed by atoms with Crippen molar-refractivity contribution in [3.63, 3.8) is 0 Å². The lowest BCUT2D eigenvalue weighted by Gasteiger charge is -2.11.